The molecule has 0 bridgehead atoms. The highest BCUT2D eigenvalue weighted by Crippen LogP contribution is 2.27. The van der Waals surface area contributed by atoms with E-state index in [0.717, 1.165) is 16.5 Å². The summed E-state index contributed by atoms with van der Waals surface area (Å²) in [5.41, 5.74) is 12.1. The molecule has 0 fully saturated rings. The first-order valence-electron chi connectivity index (χ1n) is 4.20. The fourth-order valence-electron chi connectivity index (χ4n) is 1.39. The van der Waals surface area contributed by atoms with Crippen LogP contribution in [-0.2, 0) is 0 Å². The molecule has 0 radical (unpaired) electrons. The van der Waals surface area contributed by atoms with E-state index in [1.54, 1.807) is 13.3 Å². The van der Waals surface area contributed by atoms with Gasteiger partial charge >= 0.3 is 0 Å². The van der Waals surface area contributed by atoms with E-state index < -0.39 is 0 Å². The summed E-state index contributed by atoms with van der Waals surface area (Å²) in [5.74, 6) is 1.21. The highest BCUT2D eigenvalue weighted by Gasteiger charge is 2.03. The van der Waals surface area contributed by atoms with Gasteiger partial charge in [0.1, 0.15) is 11.6 Å². The molecule has 4 N–H and O–H groups in total. The number of nitrogen functional groups attached to an aromatic ring is 2. The van der Waals surface area contributed by atoms with Crippen molar-refractivity contribution in [3.63, 3.8) is 0 Å². The number of ether oxygens (including phenoxy) is 1. The summed E-state index contributed by atoms with van der Waals surface area (Å²) in [6, 6.07) is 5.55. The van der Waals surface area contributed by atoms with Gasteiger partial charge in [-0.25, -0.2) is 4.98 Å². The van der Waals surface area contributed by atoms with Crippen molar-refractivity contribution in [2.24, 2.45) is 0 Å². The molecule has 0 saturated carbocycles. The fraction of sp³-hybridized carbons (Fsp3) is 0.100. The summed E-state index contributed by atoms with van der Waals surface area (Å²) < 4.78 is 5.09. The third-order valence-corrected chi connectivity index (χ3v) is 2.16. The van der Waals surface area contributed by atoms with Crippen molar-refractivity contribution in [3.8, 4) is 5.75 Å². The minimum atomic E-state index is 0.466. The Morgan fingerprint density at radius 2 is 2.00 bits per heavy atom. The van der Waals surface area contributed by atoms with Crippen LogP contribution in [0.5, 0.6) is 5.75 Å². The number of anilines is 2. The summed E-state index contributed by atoms with van der Waals surface area (Å²) in [4.78, 5) is 3.98. The van der Waals surface area contributed by atoms with Gasteiger partial charge in [0.05, 0.1) is 19.0 Å². The van der Waals surface area contributed by atoms with E-state index in [9.17, 15) is 0 Å². The van der Waals surface area contributed by atoms with E-state index in [0.29, 0.717) is 11.5 Å². The van der Waals surface area contributed by atoms with E-state index in [1.165, 1.54) is 0 Å². The molecule has 2 rings (SSSR count). The topological polar surface area (TPSA) is 74.2 Å². The largest absolute Gasteiger partial charge is 0.497 e. The van der Waals surface area contributed by atoms with Gasteiger partial charge in [0.15, 0.2) is 0 Å². The minimum Gasteiger partial charge on any atom is -0.497 e. The van der Waals surface area contributed by atoms with Gasteiger partial charge in [-0.2, -0.15) is 0 Å². The smallest absolute Gasteiger partial charge is 0.131 e. The molecule has 0 atom stereocenters. The lowest BCUT2D eigenvalue weighted by Gasteiger charge is -2.06. The zero-order valence-electron chi connectivity index (χ0n) is 7.82. The van der Waals surface area contributed by atoms with Crippen molar-refractivity contribution in [2.75, 3.05) is 18.6 Å². The molecule has 0 unspecified atom stereocenters. The number of nitrogens with two attached hydrogens (primary N) is 2. The lowest BCUT2D eigenvalue weighted by molar-refractivity contribution is 0.415. The fourth-order valence-corrected chi connectivity index (χ4v) is 1.39. The van der Waals surface area contributed by atoms with Crippen LogP contribution in [0.4, 0.5) is 11.5 Å². The molecule has 0 aliphatic carbocycles. The first kappa shape index (κ1) is 8.62. The maximum absolute atomic E-state index is 5.76. The van der Waals surface area contributed by atoms with Crippen molar-refractivity contribution in [1.82, 2.24) is 4.98 Å². The van der Waals surface area contributed by atoms with Gasteiger partial charge in [-0.3, -0.25) is 0 Å². The first-order valence-corrected chi connectivity index (χ1v) is 4.20. The SMILES string of the molecule is COc1ccc2c(N)cnc(N)c2c1. The summed E-state index contributed by atoms with van der Waals surface area (Å²) in [6.07, 6.45) is 1.56. The Labute approximate surface area is 81.5 Å². The normalized spacial score (nSPS) is 10.4. The zero-order chi connectivity index (χ0) is 10.1. The zero-order valence-corrected chi connectivity index (χ0v) is 7.82. The first-order chi connectivity index (χ1) is 6.72. The Balaban J connectivity index is 2.80. The lowest BCUT2D eigenvalue weighted by atomic mass is 10.1. The molecule has 2 aromatic rings. The van der Waals surface area contributed by atoms with Crippen LogP contribution in [0.2, 0.25) is 0 Å². The molecule has 0 spiro atoms. The van der Waals surface area contributed by atoms with E-state index in [1.807, 2.05) is 18.2 Å². The number of methoxy groups -OCH3 is 1. The van der Waals surface area contributed by atoms with E-state index in [2.05, 4.69) is 4.98 Å². The Bertz CT molecular complexity index is 482. The molecule has 4 heteroatoms. The highest BCUT2D eigenvalue weighted by atomic mass is 16.5. The van der Waals surface area contributed by atoms with Gasteiger partial charge < -0.3 is 16.2 Å². The predicted octanol–water partition coefficient (Wildman–Crippen LogP) is 1.41. The average molecular weight is 189 g/mol. The van der Waals surface area contributed by atoms with Crippen LogP contribution in [0.25, 0.3) is 10.8 Å². The molecule has 1 aromatic carbocycles. The summed E-state index contributed by atoms with van der Waals surface area (Å²) in [5, 5.41) is 1.72. The highest BCUT2D eigenvalue weighted by molar-refractivity contribution is 5.99. The van der Waals surface area contributed by atoms with Crippen LogP contribution in [-0.4, -0.2) is 12.1 Å². The van der Waals surface area contributed by atoms with Crippen molar-refractivity contribution < 1.29 is 4.74 Å². The molecular weight excluding hydrogens is 178 g/mol. The van der Waals surface area contributed by atoms with Crippen molar-refractivity contribution in [3.05, 3.63) is 24.4 Å². The molecule has 4 nitrogen and oxygen atoms in total. The van der Waals surface area contributed by atoms with Crippen LogP contribution in [0.1, 0.15) is 0 Å². The molecule has 0 amide bonds. The molecule has 72 valence electrons. The van der Waals surface area contributed by atoms with Gasteiger partial charge in [0.2, 0.25) is 0 Å². The molecule has 0 aliphatic heterocycles. The maximum Gasteiger partial charge on any atom is 0.131 e. The molecule has 0 saturated heterocycles. The number of fused-ring (bicyclic) bond motifs is 1. The lowest BCUT2D eigenvalue weighted by Crippen LogP contribution is -1.96. The maximum atomic E-state index is 5.76. The second kappa shape index (κ2) is 3.06. The van der Waals surface area contributed by atoms with Gasteiger partial charge in [-0.1, -0.05) is 0 Å². The number of benzene rings is 1. The molecule has 0 aliphatic rings. The number of hydrogen-bond acceptors (Lipinski definition) is 4. The standard InChI is InChI=1S/C10H11N3O/c1-14-6-2-3-7-8(4-6)10(12)13-5-9(7)11/h2-5H,11H2,1H3,(H2,12,13). The van der Waals surface area contributed by atoms with Gasteiger partial charge in [0.25, 0.3) is 0 Å². The number of rotatable bonds is 1. The molecule has 1 aromatic heterocycles. The molecule has 1 heterocycles. The van der Waals surface area contributed by atoms with Crippen molar-refractivity contribution >= 4 is 22.3 Å². The van der Waals surface area contributed by atoms with Crippen molar-refractivity contribution in [2.45, 2.75) is 0 Å². The summed E-state index contributed by atoms with van der Waals surface area (Å²) in [6.45, 7) is 0. The molecule has 14 heavy (non-hydrogen) atoms. The summed E-state index contributed by atoms with van der Waals surface area (Å²) >= 11 is 0. The number of aromatic nitrogens is 1. The van der Waals surface area contributed by atoms with Crippen LogP contribution < -0.4 is 16.2 Å². The van der Waals surface area contributed by atoms with Gasteiger partial charge in [-0.05, 0) is 18.2 Å². The van der Waals surface area contributed by atoms with Gasteiger partial charge in [0, 0.05) is 10.8 Å². The molecular formula is C10H11N3O. The van der Waals surface area contributed by atoms with Crippen LogP contribution in [0, 0.1) is 0 Å². The van der Waals surface area contributed by atoms with Crippen LogP contribution in [0.15, 0.2) is 24.4 Å². The number of pyridine rings is 1. The quantitative estimate of drug-likeness (QED) is 0.711. The van der Waals surface area contributed by atoms with Gasteiger partial charge in [-0.15, -0.1) is 0 Å². The Kier molecular flexibility index (Phi) is 1.89. The number of nitrogens with zero attached hydrogens (tertiary/aromatic N) is 1. The summed E-state index contributed by atoms with van der Waals surface area (Å²) in [7, 11) is 1.61. The Hall–Kier alpha value is -1.97. The second-order valence-electron chi connectivity index (χ2n) is 3.01. The van der Waals surface area contributed by atoms with E-state index in [-0.39, 0.29) is 0 Å². The Morgan fingerprint density at radius 3 is 2.71 bits per heavy atom. The third-order valence-electron chi connectivity index (χ3n) is 2.16. The second-order valence-corrected chi connectivity index (χ2v) is 3.01. The average Bonchev–Trinajstić information content (AvgIpc) is 2.23. The van der Waals surface area contributed by atoms with Crippen LogP contribution in [0.3, 0.4) is 0 Å². The minimum absolute atomic E-state index is 0.466. The van der Waals surface area contributed by atoms with E-state index >= 15 is 0 Å². The van der Waals surface area contributed by atoms with E-state index in [4.69, 9.17) is 16.2 Å². The Morgan fingerprint density at radius 1 is 1.21 bits per heavy atom. The van der Waals surface area contributed by atoms with Crippen molar-refractivity contribution in [1.29, 1.82) is 0 Å². The number of hydrogen-bond donors (Lipinski definition) is 2. The van der Waals surface area contributed by atoms with Crippen LogP contribution >= 0.6 is 0 Å². The predicted molar refractivity (Wildman–Crippen MR) is 57.1 cm³/mol. The third kappa shape index (κ3) is 1.21. The monoisotopic (exact) mass is 189 g/mol.